The number of carbonyl (C=O) groups excluding carboxylic acids is 2. The smallest absolute Gasteiger partial charge is 0.407 e. The number of aliphatic hydroxyl groups is 1. The number of hydrogen-bond donors (Lipinski definition) is 2. The molecule has 5 atom stereocenters. The van der Waals surface area contributed by atoms with Crippen molar-refractivity contribution in [3.63, 3.8) is 0 Å². The second kappa shape index (κ2) is 17.6. The minimum Gasteiger partial charge on any atom is -0.455 e. The minimum absolute atomic E-state index is 0.107. The lowest BCUT2D eigenvalue weighted by molar-refractivity contribution is -0.167. The molecular weight excluding hydrogens is 695 g/mol. The third-order valence-corrected chi connectivity index (χ3v) is 14.3. The van der Waals surface area contributed by atoms with Gasteiger partial charge in [-0.1, -0.05) is 109 Å². The molecule has 1 aliphatic heterocycles. The van der Waals surface area contributed by atoms with Crippen molar-refractivity contribution in [2.24, 2.45) is 10.9 Å². The van der Waals surface area contributed by atoms with Crippen molar-refractivity contribution in [3.05, 3.63) is 83.4 Å². The van der Waals surface area contributed by atoms with E-state index >= 15 is 0 Å². The van der Waals surface area contributed by atoms with Gasteiger partial charge in [-0.3, -0.25) is 4.57 Å². The number of ether oxygens (including phenoxy) is 3. The maximum absolute atomic E-state index is 13.9. The van der Waals surface area contributed by atoms with Crippen LogP contribution in [-0.2, 0) is 23.4 Å². The summed E-state index contributed by atoms with van der Waals surface area (Å²) in [5.74, 6) is -1.02. The second-order valence-electron chi connectivity index (χ2n) is 15.1. The van der Waals surface area contributed by atoms with E-state index in [4.69, 9.17) is 18.6 Å². The third-order valence-electron chi connectivity index (χ3n) is 9.26. The summed E-state index contributed by atoms with van der Waals surface area (Å²) in [6.07, 6.45) is -0.000805. The van der Waals surface area contributed by atoms with Crippen LogP contribution in [0.4, 0.5) is 10.6 Å². The van der Waals surface area contributed by atoms with Crippen molar-refractivity contribution >= 4 is 42.9 Å². The number of alkyl carbamates (subject to hydrolysis) is 1. The van der Waals surface area contributed by atoms with Gasteiger partial charge in [0.2, 0.25) is 0 Å². The van der Waals surface area contributed by atoms with Crippen LogP contribution in [0.3, 0.4) is 0 Å². The Balaban J connectivity index is 1.76. The highest BCUT2D eigenvalue weighted by Gasteiger charge is 2.58. The Morgan fingerprint density at radius 3 is 2.21 bits per heavy atom. The summed E-state index contributed by atoms with van der Waals surface area (Å²) in [5.41, 5.74) is -2.68. The molecule has 0 aliphatic carbocycles. The maximum Gasteiger partial charge on any atom is 0.407 e. The van der Waals surface area contributed by atoms with Crippen LogP contribution < -0.4 is 21.4 Å². The molecule has 53 heavy (non-hydrogen) atoms. The topological polar surface area (TPSA) is 154 Å². The summed E-state index contributed by atoms with van der Waals surface area (Å²) in [4.78, 5) is 50.0. The molecule has 288 valence electrons. The largest absolute Gasteiger partial charge is 0.455 e. The minimum atomic E-state index is -3.12. The number of amides is 1. The predicted octanol–water partition coefficient (Wildman–Crippen LogP) is 4.15. The molecule has 2 aromatic carbocycles. The molecule has 4 rings (SSSR count). The van der Waals surface area contributed by atoms with E-state index in [1.54, 1.807) is 32.8 Å². The first-order valence-corrected chi connectivity index (χ1v) is 20.0. The average molecular weight is 750 g/mol. The molecule has 2 N–H and O–H groups in total. The van der Waals surface area contributed by atoms with Crippen molar-refractivity contribution in [2.45, 2.75) is 96.4 Å². The van der Waals surface area contributed by atoms with Crippen LogP contribution in [-0.4, -0.2) is 97.4 Å². The molecule has 3 aromatic rings. The molecular formula is C39H55N5O8Si. The van der Waals surface area contributed by atoms with E-state index in [1.165, 1.54) is 25.5 Å². The Morgan fingerprint density at radius 2 is 1.70 bits per heavy atom. The highest BCUT2D eigenvalue weighted by molar-refractivity contribution is 6.99. The van der Waals surface area contributed by atoms with Crippen LogP contribution in [0.2, 0.25) is 5.04 Å². The number of rotatable bonds is 15. The molecule has 5 unspecified atom stereocenters. The normalized spacial score (nSPS) is 21.1. The number of nitrogens with one attached hydrogen (secondary N) is 1. The van der Waals surface area contributed by atoms with Gasteiger partial charge in [0.1, 0.15) is 17.7 Å². The number of aliphatic imine (C=N–C) groups is 1. The number of benzene rings is 2. The lowest BCUT2D eigenvalue weighted by Crippen LogP contribution is -2.67. The standard InChI is InChI=1S/C39H55N5O8Si/c1-10-11-24-49-37(47)42-32(27(2)3)34(45)52-33-30(51-35(39(33,7)48)44-23-22-31(41-36(44)46)40-26-43(8)9)25-50-53(38(4,5)6,28-18-14-12-15-19-28)29-20-16-13-17-21-29/h12-23,26-27,30,32-33,35,48H,10-11,24-25H2,1-9H3,(H,42,47). The fraction of sp³-hybridized carbons (Fsp3) is 0.513. The molecule has 1 aliphatic rings. The Labute approximate surface area is 313 Å². The molecule has 14 heteroatoms. The number of nitrogens with zero attached hydrogens (tertiary/aromatic N) is 4. The lowest BCUT2D eigenvalue weighted by Gasteiger charge is -2.43. The van der Waals surface area contributed by atoms with Crippen LogP contribution in [0.5, 0.6) is 0 Å². The SMILES string of the molecule is CCCCOC(=O)NC(C(=O)OC1C(CO[Si](c2ccccc2)(c2ccccc2)C(C)(C)C)OC(n2ccc(N=CN(C)C)nc2=O)C1(C)O)C(C)C. The van der Waals surface area contributed by atoms with E-state index in [0.717, 1.165) is 21.4 Å². The molecule has 1 fully saturated rings. The summed E-state index contributed by atoms with van der Waals surface area (Å²) in [6, 6.07) is 20.5. The molecule has 0 bridgehead atoms. The Kier molecular flexibility index (Phi) is 13.8. The van der Waals surface area contributed by atoms with Crippen molar-refractivity contribution in [1.29, 1.82) is 0 Å². The van der Waals surface area contributed by atoms with Gasteiger partial charge in [0.05, 0.1) is 19.6 Å². The van der Waals surface area contributed by atoms with E-state index < -0.39 is 67.1 Å². The van der Waals surface area contributed by atoms with Gasteiger partial charge in [-0.15, -0.1) is 0 Å². The Morgan fingerprint density at radius 1 is 1.09 bits per heavy atom. The monoisotopic (exact) mass is 749 g/mol. The van der Waals surface area contributed by atoms with E-state index in [2.05, 4.69) is 60.3 Å². The summed E-state index contributed by atoms with van der Waals surface area (Å²) in [7, 11) is 0.457. The highest BCUT2D eigenvalue weighted by Crippen LogP contribution is 2.42. The van der Waals surface area contributed by atoms with Gasteiger partial charge < -0.3 is 34.0 Å². The summed E-state index contributed by atoms with van der Waals surface area (Å²) >= 11 is 0. The Bertz CT molecular complexity index is 1700. The third kappa shape index (κ3) is 9.60. The van der Waals surface area contributed by atoms with E-state index in [-0.39, 0.29) is 19.0 Å². The van der Waals surface area contributed by atoms with Crippen LogP contribution >= 0.6 is 0 Å². The van der Waals surface area contributed by atoms with Crippen LogP contribution in [0.25, 0.3) is 0 Å². The Hall–Kier alpha value is -4.37. The fourth-order valence-corrected chi connectivity index (χ4v) is 11.1. The van der Waals surface area contributed by atoms with Gasteiger partial charge in [-0.25, -0.2) is 19.4 Å². The first kappa shape index (κ1) is 41.4. The van der Waals surface area contributed by atoms with E-state index in [0.29, 0.717) is 6.42 Å². The lowest BCUT2D eigenvalue weighted by atomic mass is 9.95. The van der Waals surface area contributed by atoms with Gasteiger partial charge in [0.15, 0.2) is 18.1 Å². The van der Waals surface area contributed by atoms with Crippen LogP contribution in [0, 0.1) is 5.92 Å². The van der Waals surface area contributed by atoms with Gasteiger partial charge in [-0.05, 0) is 40.7 Å². The molecule has 13 nitrogen and oxygen atoms in total. The second-order valence-corrected chi connectivity index (χ2v) is 19.4. The van der Waals surface area contributed by atoms with Gasteiger partial charge in [-0.2, -0.15) is 4.98 Å². The first-order valence-electron chi connectivity index (χ1n) is 18.1. The van der Waals surface area contributed by atoms with Crippen molar-refractivity contribution in [3.8, 4) is 0 Å². The van der Waals surface area contributed by atoms with E-state index in [1.807, 2.05) is 43.3 Å². The maximum atomic E-state index is 13.9. The molecule has 1 aromatic heterocycles. The number of aromatic nitrogens is 2. The molecule has 0 saturated carbocycles. The number of hydrogen-bond acceptors (Lipinski definition) is 10. The molecule has 0 spiro atoms. The summed E-state index contributed by atoms with van der Waals surface area (Å²) < 4.78 is 26.2. The van der Waals surface area contributed by atoms with Crippen molar-refractivity contribution < 1.29 is 33.3 Å². The highest BCUT2D eigenvalue weighted by atomic mass is 28.4. The van der Waals surface area contributed by atoms with Crippen LogP contribution in [0.15, 0.2) is 82.7 Å². The molecule has 1 saturated heterocycles. The van der Waals surface area contributed by atoms with E-state index in [9.17, 15) is 19.5 Å². The zero-order valence-electron chi connectivity index (χ0n) is 32.3. The zero-order chi connectivity index (χ0) is 39.0. The molecule has 1 amide bonds. The van der Waals surface area contributed by atoms with Crippen molar-refractivity contribution in [2.75, 3.05) is 27.3 Å². The number of unbranched alkanes of at least 4 members (excludes halogenated alkanes) is 1. The van der Waals surface area contributed by atoms with Gasteiger partial charge >= 0.3 is 17.8 Å². The fourth-order valence-electron chi connectivity index (χ4n) is 6.53. The number of carbonyl (C=O) groups is 2. The van der Waals surface area contributed by atoms with Crippen molar-refractivity contribution in [1.82, 2.24) is 19.8 Å². The molecule has 2 heterocycles. The summed E-state index contributed by atoms with van der Waals surface area (Å²) in [5, 5.41) is 16.5. The predicted molar refractivity (Wildman–Crippen MR) is 206 cm³/mol. The van der Waals surface area contributed by atoms with Crippen LogP contribution in [0.1, 0.15) is 67.5 Å². The quantitative estimate of drug-likeness (QED) is 0.0762. The van der Waals surface area contributed by atoms with Gasteiger partial charge in [0.25, 0.3) is 8.32 Å². The number of esters is 1. The summed E-state index contributed by atoms with van der Waals surface area (Å²) in [6.45, 7) is 13.4. The molecule has 0 radical (unpaired) electrons. The first-order chi connectivity index (χ1) is 25.0. The zero-order valence-corrected chi connectivity index (χ0v) is 33.3. The van der Waals surface area contributed by atoms with Gasteiger partial charge in [0, 0.05) is 20.3 Å². The average Bonchev–Trinajstić information content (AvgIpc) is 3.35.